The first-order chi connectivity index (χ1) is 8.75. The number of nitrogens with zero attached hydrogens (tertiary/aromatic N) is 1. The number of rotatable bonds is 2. The molecule has 1 aromatic carbocycles. The zero-order chi connectivity index (χ0) is 12.5. The van der Waals surface area contributed by atoms with Crippen molar-refractivity contribution in [3.8, 4) is 0 Å². The van der Waals surface area contributed by atoms with Gasteiger partial charge in [-0.15, -0.1) is 0 Å². The van der Waals surface area contributed by atoms with Crippen LogP contribution in [-0.4, -0.2) is 4.57 Å². The maximum absolute atomic E-state index is 12.1. The molecule has 3 heteroatoms. The smallest absolute Gasteiger partial charge is 0.298 e. The van der Waals surface area contributed by atoms with E-state index in [9.17, 15) is 4.79 Å². The van der Waals surface area contributed by atoms with Crippen LogP contribution in [0.1, 0.15) is 32.6 Å². The van der Waals surface area contributed by atoms with Gasteiger partial charge in [0.1, 0.15) is 0 Å². The van der Waals surface area contributed by atoms with Crippen molar-refractivity contribution in [3.63, 3.8) is 0 Å². The van der Waals surface area contributed by atoms with Crippen LogP contribution in [0.5, 0.6) is 0 Å². The summed E-state index contributed by atoms with van der Waals surface area (Å²) in [6.07, 6.45) is 5.28. The second-order valence-corrected chi connectivity index (χ2v) is 6.46. The van der Waals surface area contributed by atoms with Gasteiger partial charge in [0.05, 0.1) is 10.2 Å². The topological polar surface area (TPSA) is 22.0 Å². The molecule has 0 bridgehead atoms. The lowest BCUT2D eigenvalue weighted by Crippen LogP contribution is -2.25. The molecule has 0 spiro atoms. The third-order valence-corrected chi connectivity index (χ3v) is 5.24. The molecule has 2 aromatic rings. The van der Waals surface area contributed by atoms with Crippen LogP contribution in [-0.2, 0) is 6.54 Å². The predicted octanol–water partition coefficient (Wildman–Crippen LogP) is 3.89. The molecule has 0 saturated heterocycles. The molecular formula is C15H19NOS. The first kappa shape index (κ1) is 12.0. The number of hydrogen-bond acceptors (Lipinski definition) is 2. The molecule has 0 N–H and O–H groups in total. The van der Waals surface area contributed by atoms with Crippen molar-refractivity contribution in [2.75, 3.05) is 0 Å². The molecule has 1 aliphatic carbocycles. The van der Waals surface area contributed by atoms with Gasteiger partial charge in [0, 0.05) is 6.54 Å². The summed E-state index contributed by atoms with van der Waals surface area (Å²) in [5.74, 6) is 1.43. The molecule has 18 heavy (non-hydrogen) atoms. The molecule has 0 unspecified atom stereocenters. The van der Waals surface area contributed by atoms with Gasteiger partial charge in [0.15, 0.2) is 0 Å². The minimum absolute atomic E-state index is 0.203. The second-order valence-electron chi connectivity index (χ2n) is 5.47. The lowest BCUT2D eigenvalue weighted by molar-refractivity contribution is 0.229. The highest BCUT2D eigenvalue weighted by atomic mass is 32.1. The van der Waals surface area contributed by atoms with Gasteiger partial charge in [-0.25, -0.2) is 0 Å². The highest BCUT2D eigenvalue weighted by Gasteiger charge is 2.22. The highest BCUT2D eigenvalue weighted by Crippen LogP contribution is 2.31. The SMILES string of the molecule is C[C@H]1CCCC[C@H]1Cn1c(=O)sc2ccccc21. The van der Waals surface area contributed by atoms with Crippen LogP contribution in [0.25, 0.3) is 10.2 Å². The van der Waals surface area contributed by atoms with Gasteiger partial charge in [-0.05, 0) is 30.4 Å². The van der Waals surface area contributed by atoms with E-state index in [4.69, 9.17) is 0 Å². The van der Waals surface area contributed by atoms with Crippen LogP contribution < -0.4 is 4.87 Å². The van der Waals surface area contributed by atoms with Crippen LogP contribution in [0.4, 0.5) is 0 Å². The zero-order valence-electron chi connectivity index (χ0n) is 10.8. The first-order valence-electron chi connectivity index (χ1n) is 6.84. The molecule has 1 saturated carbocycles. The Hall–Kier alpha value is -1.09. The van der Waals surface area contributed by atoms with Gasteiger partial charge >= 0.3 is 4.87 Å². The quantitative estimate of drug-likeness (QED) is 0.804. The summed E-state index contributed by atoms with van der Waals surface area (Å²) in [5.41, 5.74) is 1.12. The summed E-state index contributed by atoms with van der Waals surface area (Å²) < 4.78 is 3.11. The maximum Gasteiger partial charge on any atom is 0.308 e. The number of hydrogen-bond donors (Lipinski definition) is 0. The molecule has 0 radical (unpaired) electrons. The van der Waals surface area contributed by atoms with Crippen molar-refractivity contribution < 1.29 is 0 Å². The summed E-state index contributed by atoms with van der Waals surface area (Å²) in [6, 6.07) is 8.14. The Balaban J connectivity index is 1.94. The van der Waals surface area contributed by atoms with Crippen LogP contribution in [0, 0.1) is 11.8 Å². The minimum atomic E-state index is 0.203. The fraction of sp³-hybridized carbons (Fsp3) is 0.533. The highest BCUT2D eigenvalue weighted by molar-refractivity contribution is 7.16. The van der Waals surface area contributed by atoms with E-state index in [2.05, 4.69) is 13.0 Å². The Kier molecular flexibility index (Phi) is 3.25. The van der Waals surface area contributed by atoms with E-state index in [1.807, 2.05) is 22.8 Å². The third-order valence-electron chi connectivity index (χ3n) is 4.28. The minimum Gasteiger partial charge on any atom is -0.298 e. The normalized spacial score (nSPS) is 24.5. The molecule has 1 aliphatic rings. The maximum atomic E-state index is 12.1. The molecule has 3 rings (SSSR count). The Morgan fingerprint density at radius 1 is 1.28 bits per heavy atom. The van der Waals surface area contributed by atoms with E-state index in [1.165, 1.54) is 37.0 Å². The van der Waals surface area contributed by atoms with Crippen molar-refractivity contribution >= 4 is 21.6 Å². The van der Waals surface area contributed by atoms with Crippen LogP contribution in [0.3, 0.4) is 0 Å². The monoisotopic (exact) mass is 261 g/mol. The summed E-state index contributed by atoms with van der Waals surface area (Å²) in [7, 11) is 0. The molecule has 96 valence electrons. The number of thiazole rings is 1. The van der Waals surface area contributed by atoms with Crippen molar-refractivity contribution in [2.24, 2.45) is 11.8 Å². The van der Waals surface area contributed by atoms with Gasteiger partial charge < -0.3 is 0 Å². The molecular weight excluding hydrogens is 242 g/mol. The summed E-state index contributed by atoms with van der Waals surface area (Å²) in [4.78, 5) is 12.3. The molecule has 2 nitrogen and oxygen atoms in total. The van der Waals surface area contributed by atoms with Crippen LogP contribution in [0.2, 0.25) is 0 Å². The van der Waals surface area contributed by atoms with Gasteiger partial charge in [0.25, 0.3) is 0 Å². The number of fused-ring (bicyclic) bond motifs is 1. The van der Waals surface area contributed by atoms with Gasteiger partial charge in [-0.3, -0.25) is 9.36 Å². The van der Waals surface area contributed by atoms with E-state index < -0.39 is 0 Å². The summed E-state index contributed by atoms with van der Waals surface area (Å²) in [6.45, 7) is 3.24. The standard InChI is InChI=1S/C15H19NOS/c1-11-6-2-3-7-12(11)10-16-13-8-4-5-9-14(13)18-15(16)17/h4-5,8-9,11-12H,2-3,6-7,10H2,1H3/t11-,12-/m0/s1. The van der Waals surface area contributed by atoms with Gasteiger partial charge in [-0.1, -0.05) is 49.7 Å². The van der Waals surface area contributed by atoms with Crippen molar-refractivity contribution in [1.29, 1.82) is 0 Å². The van der Waals surface area contributed by atoms with E-state index in [0.29, 0.717) is 5.92 Å². The average molecular weight is 261 g/mol. The van der Waals surface area contributed by atoms with Gasteiger partial charge in [0.2, 0.25) is 0 Å². The average Bonchev–Trinajstić information content (AvgIpc) is 2.69. The lowest BCUT2D eigenvalue weighted by Gasteiger charge is -2.28. The molecule has 1 aromatic heterocycles. The van der Waals surface area contributed by atoms with E-state index in [0.717, 1.165) is 22.7 Å². The Labute approximate surface area is 111 Å². The molecule has 1 fully saturated rings. The predicted molar refractivity (Wildman–Crippen MR) is 77.2 cm³/mol. The van der Waals surface area contributed by atoms with Gasteiger partial charge in [-0.2, -0.15) is 0 Å². The zero-order valence-corrected chi connectivity index (χ0v) is 11.6. The van der Waals surface area contributed by atoms with Crippen LogP contribution >= 0.6 is 11.3 Å². The van der Waals surface area contributed by atoms with E-state index >= 15 is 0 Å². The molecule has 1 heterocycles. The number of para-hydroxylation sites is 1. The van der Waals surface area contributed by atoms with Crippen LogP contribution in [0.15, 0.2) is 29.1 Å². The summed E-state index contributed by atoms with van der Waals surface area (Å²) in [5, 5.41) is 0. The number of aromatic nitrogens is 1. The van der Waals surface area contributed by atoms with Crippen molar-refractivity contribution in [3.05, 3.63) is 33.9 Å². The number of benzene rings is 1. The van der Waals surface area contributed by atoms with E-state index in [1.54, 1.807) is 0 Å². The van der Waals surface area contributed by atoms with E-state index in [-0.39, 0.29) is 4.87 Å². The fourth-order valence-corrected chi connectivity index (χ4v) is 3.99. The third kappa shape index (κ3) is 2.12. The second kappa shape index (κ2) is 4.88. The summed E-state index contributed by atoms with van der Waals surface area (Å²) >= 11 is 1.38. The Morgan fingerprint density at radius 2 is 2.06 bits per heavy atom. The van der Waals surface area contributed by atoms with Crippen molar-refractivity contribution in [2.45, 2.75) is 39.2 Å². The lowest BCUT2D eigenvalue weighted by atomic mass is 9.80. The molecule has 2 atom stereocenters. The molecule has 0 aliphatic heterocycles. The largest absolute Gasteiger partial charge is 0.308 e. The Morgan fingerprint density at radius 3 is 2.89 bits per heavy atom. The van der Waals surface area contributed by atoms with Crippen molar-refractivity contribution in [1.82, 2.24) is 4.57 Å². The fourth-order valence-electron chi connectivity index (χ4n) is 3.09. The molecule has 0 amide bonds. The first-order valence-corrected chi connectivity index (χ1v) is 7.66. The Bertz CT molecular complexity index is 598.